The maximum atomic E-state index is 13.5. The van der Waals surface area contributed by atoms with Gasteiger partial charge in [-0.3, -0.25) is 9.78 Å². The molecular weight excluding hydrogens is 411 g/mol. The Morgan fingerprint density at radius 3 is 2.94 bits per heavy atom. The number of H-pyrrole nitrogens is 1. The normalized spacial score (nSPS) is 21.5. The molecule has 32 heavy (non-hydrogen) atoms. The standard InChI is InChI=1S/C23H27FN6O2/c1-13-9-18(26-10-17(13)24)19(31)14(2)29-22(32)16-4-8-30(11-23(16)5-6-23)21-15-3-7-25-20(15)27-12-28-21/h3,7,9-10,12,14,16,19,31H,4-6,8,11H2,1-2H3,(H,29,32)(H,25,27,28)/t14-,16+,19-/m0/s1. The van der Waals surface area contributed by atoms with Gasteiger partial charge in [0.25, 0.3) is 0 Å². The number of carbonyl (C=O) groups is 1. The van der Waals surface area contributed by atoms with Crippen LogP contribution in [0.3, 0.4) is 0 Å². The SMILES string of the molecule is Cc1cc([C@@H](O)[C@H](C)NC(=O)[C@H]2CCN(c3ncnc4[nH]ccc34)CC23CC3)ncc1F. The van der Waals surface area contributed by atoms with Crippen LogP contribution in [0.25, 0.3) is 11.0 Å². The summed E-state index contributed by atoms with van der Waals surface area (Å²) in [5.74, 6) is 0.338. The predicted octanol–water partition coefficient (Wildman–Crippen LogP) is 2.65. The third-order valence-electron chi connectivity index (χ3n) is 6.99. The van der Waals surface area contributed by atoms with Crippen LogP contribution in [0, 0.1) is 24.1 Å². The second-order valence-electron chi connectivity index (χ2n) is 9.16. The van der Waals surface area contributed by atoms with Gasteiger partial charge in [0.1, 0.15) is 29.7 Å². The first kappa shape index (κ1) is 20.8. The highest BCUT2D eigenvalue weighted by Crippen LogP contribution is 2.56. The second kappa shape index (κ2) is 7.81. The quantitative estimate of drug-likeness (QED) is 0.565. The van der Waals surface area contributed by atoms with Gasteiger partial charge < -0.3 is 20.3 Å². The molecule has 0 radical (unpaired) electrons. The lowest BCUT2D eigenvalue weighted by Crippen LogP contribution is -2.50. The fraction of sp³-hybridized carbons (Fsp3) is 0.478. The van der Waals surface area contributed by atoms with Gasteiger partial charge in [0.15, 0.2) is 0 Å². The van der Waals surface area contributed by atoms with Crippen LogP contribution in [-0.2, 0) is 4.79 Å². The Morgan fingerprint density at radius 2 is 2.19 bits per heavy atom. The molecule has 3 aromatic heterocycles. The van der Waals surface area contributed by atoms with Crippen molar-refractivity contribution in [3.05, 3.63) is 47.9 Å². The Hall–Kier alpha value is -3.07. The van der Waals surface area contributed by atoms with E-state index in [4.69, 9.17) is 0 Å². The summed E-state index contributed by atoms with van der Waals surface area (Å²) in [6.45, 7) is 4.88. The molecule has 1 aliphatic carbocycles. The molecule has 9 heteroatoms. The van der Waals surface area contributed by atoms with Gasteiger partial charge >= 0.3 is 0 Å². The fourth-order valence-corrected chi connectivity index (χ4v) is 4.91. The number of hydrogen-bond donors (Lipinski definition) is 3. The summed E-state index contributed by atoms with van der Waals surface area (Å²) in [5, 5.41) is 14.6. The lowest BCUT2D eigenvalue weighted by Gasteiger charge is -2.39. The molecule has 3 atom stereocenters. The highest BCUT2D eigenvalue weighted by Gasteiger charge is 2.55. The highest BCUT2D eigenvalue weighted by molar-refractivity contribution is 5.87. The summed E-state index contributed by atoms with van der Waals surface area (Å²) < 4.78 is 13.5. The molecule has 1 saturated carbocycles. The van der Waals surface area contributed by atoms with E-state index in [1.807, 2.05) is 12.3 Å². The van der Waals surface area contributed by atoms with Crippen molar-refractivity contribution in [3.8, 4) is 0 Å². The molecule has 8 nitrogen and oxygen atoms in total. The van der Waals surface area contributed by atoms with Crippen LogP contribution < -0.4 is 10.2 Å². The number of piperidine rings is 1. The minimum Gasteiger partial charge on any atom is -0.385 e. The van der Waals surface area contributed by atoms with Crippen molar-refractivity contribution in [2.45, 2.75) is 45.3 Å². The van der Waals surface area contributed by atoms with Crippen molar-refractivity contribution < 1.29 is 14.3 Å². The van der Waals surface area contributed by atoms with Crippen LogP contribution in [0.1, 0.15) is 43.5 Å². The van der Waals surface area contributed by atoms with Crippen LogP contribution >= 0.6 is 0 Å². The zero-order chi connectivity index (χ0) is 22.5. The Balaban J connectivity index is 1.27. The van der Waals surface area contributed by atoms with Gasteiger partial charge in [0.2, 0.25) is 5.91 Å². The summed E-state index contributed by atoms with van der Waals surface area (Å²) >= 11 is 0. The van der Waals surface area contributed by atoms with Gasteiger partial charge in [-0.05, 0) is 56.2 Å². The van der Waals surface area contributed by atoms with Crippen LogP contribution in [0.15, 0.2) is 30.9 Å². The average molecular weight is 439 g/mol. The van der Waals surface area contributed by atoms with E-state index in [0.717, 1.165) is 55.4 Å². The summed E-state index contributed by atoms with van der Waals surface area (Å²) in [6.07, 6.45) is 6.25. The summed E-state index contributed by atoms with van der Waals surface area (Å²) in [7, 11) is 0. The number of aromatic nitrogens is 4. The number of nitrogens with zero attached hydrogens (tertiary/aromatic N) is 4. The Bertz CT molecular complexity index is 1160. The molecule has 0 unspecified atom stereocenters. The molecule has 2 aliphatic rings. The molecule has 1 spiro atoms. The second-order valence-corrected chi connectivity index (χ2v) is 9.16. The van der Waals surface area contributed by atoms with Crippen LogP contribution in [-0.4, -0.2) is 50.1 Å². The largest absolute Gasteiger partial charge is 0.385 e. The highest BCUT2D eigenvalue weighted by atomic mass is 19.1. The number of fused-ring (bicyclic) bond motifs is 1. The fourth-order valence-electron chi connectivity index (χ4n) is 4.91. The van der Waals surface area contributed by atoms with Gasteiger partial charge in [-0.1, -0.05) is 0 Å². The molecule has 2 fully saturated rings. The first-order chi connectivity index (χ1) is 15.4. The van der Waals surface area contributed by atoms with Crippen molar-refractivity contribution in [2.24, 2.45) is 11.3 Å². The molecule has 3 aromatic rings. The topological polar surface area (TPSA) is 107 Å². The summed E-state index contributed by atoms with van der Waals surface area (Å²) in [6, 6.07) is 2.97. The number of rotatable bonds is 5. The Morgan fingerprint density at radius 1 is 1.38 bits per heavy atom. The van der Waals surface area contributed by atoms with E-state index < -0.39 is 18.0 Å². The molecule has 5 rings (SSSR count). The van der Waals surface area contributed by atoms with E-state index in [-0.39, 0.29) is 17.2 Å². The van der Waals surface area contributed by atoms with Crippen molar-refractivity contribution in [3.63, 3.8) is 0 Å². The number of hydrogen-bond acceptors (Lipinski definition) is 6. The molecule has 4 heterocycles. The lowest BCUT2D eigenvalue weighted by molar-refractivity contribution is -0.129. The van der Waals surface area contributed by atoms with E-state index in [2.05, 4.69) is 30.2 Å². The number of aliphatic hydroxyl groups is 1. The number of amides is 1. The number of anilines is 1. The van der Waals surface area contributed by atoms with Gasteiger partial charge in [0.05, 0.1) is 23.3 Å². The number of carbonyl (C=O) groups excluding carboxylic acids is 1. The molecule has 3 N–H and O–H groups in total. The average Bonchev–Trinajstić information content (AvgIpc) is 3.36. The molecule has 168 valence electrons. The summed E-state index contributed by atoms with van der Waals surface area (Å²) in [5.41, 5.74) is 1.52. The number of aromatic amines is 1. The molecular formula is C23H27FN6O2. The van der Waals surface area contributed by atoms with Crippen molar-refractivity contribution in [1.29, 1.82) is 0 Å². The minimum atomic E-state index is -1.00. The van der Waals surface area contributed by atoms with Gasteiger partial charge in [-0.15, -0.1) is 0 Å². The molecule has 0 aromatic carbocycles. The smallest absolute Gasteiger partial charge is 0.224 e. The molecule has 0 bridgehead atoms. The van der Waals surface area contributed by atoms with Crippen LogP contribution in [0.4, 0.5) is 10.2 Å². The van der Waals surface area contributed by atoms with Gasteiger partial charge in [0, 0.05) is 25.2 Å². The van der Waals surface area contributed by atoms with Gasteiger partial charge in [-0.2, -0.15) is 0 Å². The molecule has 1 amide bonds. The van der Waals surface area contributed by atoms with Crippen LogP contribution in [0.2, 0.25) is 0 Å². The monoisotopic (exact) mass is 438 g/mol. The number of aliphatic hydroxyl groups excluding tert-OH is 1. The Kier molecular flexibility index (Phi) is 5.08. The van der Waals surface area contributed by atoms with Crippen LogP contribution in [0.5, 0.6) is 0 Å². The predicted molar refractivity (Wildman–Crippen MR) is 117 cm³/mol. The number of halogens is 1. The third kappa shape index (κ3) is 3.60. The number of pyridine rings is 1. The first-order valence-corrected chi connectivity index (χ1v) is 11.0. The first-order valence-electron chi connectivity index (χ1n) is 11.0. The zero-order valence-electron chi connectivity index (χ0n) is 18.2. The zero-order valence-corrected chi connectivity index (χ0v) is 18.2. The third-order valence-corrected chi connectivity index (χ3v) is 6.99. The van der Waals surface area contributed by atoms with E-state index in [1.54, 1.807) is 20.2 Å². The van der Waals surface area contributed by atoms with E-state index in [0.29, 0.717) is 11.3 Å². The molecule has 1 saturated heterocycles. The van der Waals surface area contributed by atoms with Crippen molar-refractivity contribution in [1.82, 2.24) is 25.3 Å². The summed E-state index contributed by atoms with van der Waals surface area (Å²) in [4.78, 5) is 31.3. The maximum Gasteiger partial charge on any atom is 0.224 e. The number of nitrogens with one attached hydrogen (secondary N) is 2. The minimum absolute atomic E-state index is 0.0398. The van der Waals surface area contributed by atoms with Crippen molar-refractivity contribution in [2.75, 3.05) is 18.0 Å². The van der Waals surface area contributed by atoms with E-state index in [1.165, 1.54) is 6.07 Å². The van der Waals surface area contributed by atoms with E-state index in [9.17, 15) is 14.3 Å². The van der Waals surface area contributed by atoms with Crippen molar-refractivity contribution >= 4 is 22.8 Å². The maximum absolute atomic E-state index is 13.5. The van der Waals surface area contributed by atoms with Gasteiger partial charge in [-0.25, -0.2) is 14.4 Å². The Labute approximate surface area is 185 Å². The number of aryl methyl sites for hydroxylation is 1. The molecule has 1 aliphatic heterocycles. The van der Waals surface area contributed by atoms with E-state index >= 15 is 0 Å². The lowest BCUT2D eigenvalue weighted by atomic mass is 9.81.